The van der Waals surface area contributed by atoms with Crippen LogP contribution in [0.4, 0.5) is 5.69 Å². The molecule has 1 aliphatic rings. The van der Waals surface area contributed by atoms with Gasteiger partial charge in [0.2, 0.25) is 10.0 Å². The summed E-state index contributed by atoms with van der Waals surface area (Å²) in [6.45, 7) is 2.32. The van der Waals surface area contributed by atoms with Gasteiger partial charge in [0, 0.05) is 17.5 Å². The number of hydrogen-bond donors (Lipinski definition) is 2. The number of anilines is 1. The maximum atomic E-state index is 12.1. The fraction of sp³-hybridized carbons (Fsp3) is 0.500. The van der Waals surface area contributed by atoms with Crippen molar-refractivity contribution in [3.63, 3.8) is 0 Å². The lowest BCUT2D eigenvalue weighted by Crippen LogP contribution is -2.29. The van der Waals surface area contributed by atoms with Gasteiger partial charge in [0.05, 0.1) is 4.90 Å². The number of aryl methyl sites for hydroxylation is 1. The molecule has 4 nitrogen and oxygen atoms in total. The van der Waals surface area contributed by atoms with E-state index < -0.39 is 10.0 Å². The Morgan fingerprint density at radius 3 is 2.89 bits per heavy atom. The maximum Gasteiger partial charge on any atom is 0.240 e. The summed E-state index contributed by atoms with van der Waals surface area (Å²) in [6, 6.07) is 4.79. The number of hydrogen-bond acceptors (Lipinski definition) is 4. The Morgan fingerprint density at radius 1 is 1.50 bits per heavy atom. The molecule has 1 saturated heterocycles. The molecule has 0 bridgehead atoms. The fourth-order valence-electron chi connectivity index (χ4n) is 1.91. The number of nitrogens with one attached hydrogen (secondary N) is 1. The third-order valence-corrected chi connectivity index (χ3v) is 5.90. The third-order valence-electron chi connectivity index (χ3n) is 3.08. The van der Waals surface area contributed by atoms with Crippen LogP contribution in [0.5, 0.6) is 0 Å². The molecule has 6 heteroatoms. The highest BCUT2D eigenvalue weighted by atomic mass is 32.2. The summed E-state index contributed by atoms with van der Waals surface area (Å²) >= 11 is 1.84. The molecule has 0 saturated carbocycles. The van der Waals surface area contributed by atoms with Crippen molar-refractivity contribution in [3.8, 4) is 0 Å². The minimum absolute atomic E-state index is 0.289. The molecule has 0 radical (unpaired) electrons. The second kappa shape index (κ2) is 5.50. The lowest BCUT2D eigenvalue weighted by atomic mass is 10.2. The van der Waals surface area contributed by atoms with Gasteiger partial charge in [-0.1, -0.05) is 0 Å². The van der Waals surface area contributed by atoms with Crippen molar-refractivity contribution in [1.82, 2.24) is 4.72 Å². The van der Waals surface area contributed by atoms with Crippen molar-refractivity contribution >= 4 is 27.5 Å². The van der Waals surface area contributed by atoms with Gasteiger partial charge in [0.1, 0.15) is 0 Å². The van der Waals surface area contributed by atoms with E-state index in [4.69, 9.17) is 5.73 Å². The summed E-state index contributed by atoms with van der Waals surface area (Å²) in [4.78, 5) is 0.289. The van der Waals surface area contributed by atoms with Gasteiger partial charge in [0.15, 0.2) is 0 Å². The standard InChI is InChI=1S/C12H18N2O2S2/c1-9-7-11(4-5-12(9)13)18(15,16)14-8-10-3-2-6-17-10/h4-5,7,10,14H,2-3,6,8,13H2,1H3. The first kappa shape index (κ1) is 13.7. The summed E-state index contributed by atoms with van der Waals surface area (Å²) in [6.07, 6.45) is 2.27. The van der Waals surface area contributed by atoms with E-state index in [1.807, 2.05) is 11.8 Å². The molecule has 18 heavy (non-hydrogen) atoms. The molecule has 3 N–H and O–H groups in total. The van der Waals surface area contributed by atoms with E-state index in [0.717, 1.165) is 17.7 Å². The molecule has 1 fully saturated rings. The number of nitrogens with two attached hydrogens (primary N) is 1. The van der Waals surface area contributed by atoms with Crippen LogP contribution in [0.15, 0.2) is 23.1 Å². The van der Waals surface area contributed by atoms with Gasteiger partial charge < -0.3 is 5.73 Å². The Balaban J connectivity index is 2.07. The third kappa shape index (κ3) is 3.18. The molecule has 1 aliphatic heterocycles. The second-order valence-electron chi connectivity index (χ2n) is 4.51. The number of thioether (sulfide) groups is 1. The molecule has 100 valence electrons. The van der Waals surface area contributed by atoms with Crippen LogP contribution in [-0.4, -0.2) is 26.0 Å². The molecular weight excluding hydrogens is 268 g/mol. The summed E-state index contributed by atoms with van der Waals surface area (Å²) < 4.78 is 26.9. The van der Waals surface area contributed by atoms with Crippen LogP contribution in [0.2, 0.25) is 0 Å². The molecule has 0 spiro atoms. The van der Waals surface area contributed by atoms with Gasteiger partial charge in [-0.25, -0.2) is 13.1 Å². The minimum atomic E-state index is -3.41. The summed E-state index contributed by atoms with van der Waals surface area (Å²) in [5.74, 6) is 1.13. The van der Waals surface area contributed by atoms with Gasteiger partial charge in [-0.3, -0.25) is 0 Å². The molecular formula is C12H18N2O2S2. The predicted molar refractivity (Wildman–Crippen MR) is 76.3 cm³/mol. The quantitative estimate of drug-likeness (QED) is 0.827. The van der Waals surface area contributed by atoms with Crippen molar-refractivity contribution in [3.05, 3.63) is 23.8 Å². The first-order valence-corrected chi connectivity index (χ1v) is 8.49. The highest BCUT2D eigenvalue weighted by Gasteiger charge is 2.20. The number of nitrogen functional groups attached to an aromatic ring is 1. The van der Waals surface area contributed by atoms with Crippen molar-refractivity contribution in [1.29, 1.82) is 0 Å². The van der Waals surface area contributed by atoms with Gasteiger partial charge in [-0.2, -0.15) is 11.8 Å². The zero-order valence-corrected chi connectivity index (χ0v) is 12.0. The van der Waals surface area contributed by atoms with Crippen LogP contribution in [0, 0.1) is 6.92 Å². The number of sulfonamides is 1. The Bertz CT molecular complexity index is 523. The maximum absolute atomic E-state index is 12.1. The van der Waals surface area contributed by atoms with E-state index >= 15 is 0 Å². The Labute approximate surface area is 112 Å². The van der Waals surface area contributed by atoms with Crippen LogP contribution >= 0.6 is 11.8 Å². The van der Waals surface area contributed by atoms with Gasteiger partial charge in [-0.15, -0.1) is 0 Å². The van der Waals surface area contributed by atoms with Gasteiger partial charge in [-0.05, 0) is 49.3 Å². The van der Waals surface area contributed by atoms with E-state index in [9.17, 15) is 8.42 Å². The molecule has 1 unspecified atom stereocenters. The molecule has 1 atom stereocenters. The Morgan fingerprint density at radius 2 is 2.28 bits per heavy atom. The smallest absolute Gasteiger partial charge is 0.240 e. The first-order valence-electron chi connectivity index (χ1n) is 5.96. The van der Waals surface area contributed by atoms with E-state index in [1.165, 1.54) is 6.42 Å². The zero-order valence-electron chi connectivity index (χ0n) is 10.3. The van der Waals surface area contributed by atoms with Crippen molar-refractivity contribution in [2.45, 2.75) is 29.9 Å². The Hall–Kier alpha value is -0.720. The molecule has 0 amide bonds. The van der Waals surface area contributed by atoms with E-state index in [1.54, 1.807) is 25.1 Å². The first-order chi connectivity index (χ1) is 8.49. The highest BCUT2D eigenvalue weighted by Crippen LogP contribution is 2.26. The molecule has 2 rings (SSSR count). The number of rotatable bonds is 4. The van der Waals surface area contributed by atoms with Crippen LogP contribution in [0.3, 0.4) is 0 Å². The zero-order chi connectivity index (χ0) is 13.2. The normalized spacial score (nSPS) is 20.2. The highest BCUT2D eigenvalue weighted by molar-refractivity contribution is 8.00. The van der Waals surface area contributed by atoms with E-state index in [-0.39, 0.29) is 4.90 Å². The average Bonchev–Trinajstić information content (AvgIpc) is 2.83. The summed E-state index contributed by atoms with van der Waals surface area (Å²) in [5.41, 5.74) is 7.08. The largest absolute Gasteiger partial charge is 0.399 e. The lowest BCUT2D eigenvalue weighted by Gasteiger charge is -2.11. The van der Waals surface area contributed by atoms with Crippen molar-refractivity contribution < 1.29 is 8.42 Å². The van der Waals surface area contributed by atoms with Crippen LogP contribution < -0.4 is 10.5 Å². The average molecular weight is 286 g/mol. The van der Waals surface area contributed by atoms with Crippen LogP contribution in [0.25, 0.3) is 0 Å². The molecule has 1 aromatic carbocycles. The van der Waals surface area contributed by atoms with Crippen molar-refractivity contribution in [2.24, 2.45) is 0 Å². The minimum Gasteiger partial charge on any atom is -0.399 e. The lowest BCUT2D eigenvalue weighted by molar-refractivity contribution is 0.579. The molecule has 0 aromatic heterocycles. The molecule has 1 aromatic rings. The topological polar surface area (TPSA) is 72.2 Å². The van der Waals surface area contributed by atoms with E-state index in [2.05, 4.69) is 4.72 Å². The summed E-state index contributed by atoms with van der Waals surface area (Å²) in [7, 11) is -3.41. The van der Waals surface area contributed by atoms with Crippen molar-refractivity contribution in [2.75, 3.05) is 18.0 Å². The fourth-order valence-corrected chi connectivity index (χ4v) is 4.38. The molecule has 1 heterocycles. The monoisotopic (exact) mass is 286 g/mol. The molecule has 0 aliphatic carbocycles. The van der Waals surface area contributed by atoms with Crippen LogP contribution in [0.1, 0.15) is 18.4 Å². The van der Waals surface area contributed by atoms with Gasteiger partial charge in [0.25, 0.3) is 0 Å². The summed E-state index contributed by atoms with van der Waals surface area (Å²) in [5, 5.41) is 0.412. The number of benzene rings is 1. The Kier molecular flexibility index (Phi) is 4.19. The predicted octanol–water partition coefficient (Wildman–Crippen LogP) is 1.75. The van der Waals surface area contributed by atoms with Gasteiger partial charge >= 0.3 is 0 Å². The van der Waals surface area contributed by atoms with E-state index in [0.29, 0.717) is 17.5 Å². The SMILES string of the molecule is Cc1cc(S(=O)(=O)NCC2CCCS2)ccc1N. The van der Waals surface area contributed by atoms with Crippen LogP contribution in [-0.2, 0) is 10.0 Å². The second-order valence-corrected chi connectivity index (χ2v) is 7.68.